The summed E-state index contributed by atoms with van der Waals surface area (Å²) in [5.41, 5.74) is 0.0817. The van der Waals surface area contributed by atoms with Crippen molar-refractivity contribution in [3.63, 3.8) is 0 Å². The summed E-state index contributed by atoms with van der Waals surface area (Å²) in [5, 5.41) is 6.01. The van der Waals surface area contributed by atoms with Crippen LogP contribution in [0.4, 0.5) is 0 Å². The lowest BCUT2D eigenvalue weighted by Gasteiger charge is -2.36. The highest BCUT2D eigenvalue weighted by Gasteiger charge is 2.31. The van der Waals surface area contributed by atoms with Gasteiger partial charge in [-0.25, -0.2) is 0 Å². The Bertz CT molecular complexity index is 174. The minimum absolute atomic E-state index is 0.0817. The molecule has 1 fully saturated rings. The van der Waals surface area contributed by atoms with Gasteiger partial charge in [0, 0.05) is 19.0 Å². The summed E-state index contributed by atoms with van der Waals surface area (Å²) < 4.78 is 0. The number of nitrogens with one attached hydrogen (secondary N) is 2. The molecule has 0 spiro atoms. The fourth-order valence-electron chi connectivity index (χ4n) is 2.14. The molecule has 13 heavy (non-hydrogen) atoms. The summed E-state index contributed by atoms with van der Waals surface area (Å²) in [7, 11) is 3.67. The Morgan fingerprint density at radius 1 is 1.23 bits per heavy atom. The number of hydrogen-bond donors (Lipinski definition) is 2. The van der Waals surface area contributed by atoms with Crippen molar-refractivity contribution in [2.45, 2.75) is 44.1 Å². The standard InChI is InChI=1S/C10H20N2O/c1-11-9(13)8-10(12-2)6-4-3-5-7-10/h12H,3-8H2,1-2H3,(H,11,13). The number of amides is 1. The highest BCUT2D eigenvalue weighted by molar-refractivity contribution is 5.76. The van der Waals surface area contributed by atoms with Crippen LogP contribution in [-0.4, -0.2) is 25.5 Å². The first kappa shape index (κ1) is 10.5. The van der Waals surface area contributed by atoms with E-state index in [9.17, 15) is 4.79 Å². The fraction of sp³-hybridized carbons (Fsp3) is 0.900. The van der Waals surface area contributed by atoms with Crippen molar-refractivity contribution in [1.82, 2.24) is 10.6 Å². The van der Waals surface area contributed by atoms with Gasteiger partial charge < -0.3 is 10.6 Å². The van der Waals surface area contributed by atoms with Crippen LogP contribution < -0.4 is 10.6 Å². The van der Waals surface area contributed by atoms with Crippen molar-refractivity contribution in [2.24, 2.45) is 0 Å². The third kappa shape index (κ3) is 2.69. The van der Waals surface area contributed by atoms with E-state index >= 15 is 0 Å². The van der Waals surface area contributed by atoms with Gasteiger partial charge in [-0.15, -0.1) is 0 Å². The zero-order valence-corrected chi connectivity index (χ0v) is 8.65. The van der Waals surface area contributed by atoms with Crippen molar-refractivity contribution in [3.8, 4) is 0 Å². The van der Waals surface area contributed by atoms with Crippen LogP contribution in [0.2, 0.25) is 0 Å². The summed E-state index contributed by atoms with van der Waals surface area (Å²) in [4.78, 5) is 11.3. The average Bonchev–Trinajstić information content (AvgIpc) is 2.19. The maximum absolute atomic E-state index is 11.3. The van der Waals surface area contributed by atoms with Crippen LogP contribution in [0.1, 0.15) is 38.5 Å². The lowest BCUT2D eigenvalue weighted by atomic mass is 9.79. The molecule has 76 valence electrons. The highest BCUT2D eigenvalue weighted by atomic mass is 16.1. The molecule has 1 aliphatic carbocycles. The van der Waals surface area contributed by atoms with Gasteiger partial charge in [-0.3, -0.25) is 4.79 Å². The van der Waals surface area contributed by atoms with Gasteiger partial charge in [-0.1, -0.05) is 19.3 Å². The third-order valence-corrected chi connectivity index (χ3v) is 3.12. The molecule has 1 amide bonds. The maximum Gasteiger partial charge on any atom is 0.221 e. The van der Waals surface area contributed by atoms with Gasteiger partial charge in [0.25, 0.3) is 0 Å². The predicted octanol–water partition coefficient (Wildman–Crippen LogP) is 1.04. The minimum Gasteiger partial charge on any atom is -0.359 e. The molecule has 0 heterocycles. The lowest BCUT2D eigenvalue weighted by molar-refractivity contribution is -0.122. The Balaban J connectivity index is 2.52. The molecule has 3 heteroatoms. The zero-order chi connectivity index (χ0) is 9.73. The lowest BCUT2D eigenvalue weighted by Crippen LogP contribution is -2.47. The SMILES string of the molecule is CNC(=O)CC1(NC)CCCCC1. The van der Waals surface area contributed by atoms with Crippen LogP contribution in [0.5, 0.6) is 0 Å². The molecule has 0 aromatic heterocycles. The van der Waals surface area contributed by atoms with E-state index in [0.717, 1.165) is 12.8 Å². The fourth-order valence-corrected chi connectivity index (χ4v) is 2.14. The Morgan fingerprint density at radius 2 is 1.85 bits per heavy atom. The smallest absolute Gasteiger partial charge is 0.221 e. The number of rotatable bonds is 3. The molecular weight excluding hydrogens is 164 g/mol. The van der Waals surface area contributed by atoms with Gasteiger partial charge >= 0.3 is 0 Å². The highest BCUT2D eigenvalue weighted by Crippen LogP contribution is 2.30. The molecule has 0 saturated heterocycles. The van der Waals surface area contributed by atoms with Crippen LogP contribution in [0.3, 0.4) is 0 Å². The number of carbonyl (C=O) groups is 1. The molecule has 1 aliphatic rings. The molecule has 1 saturated carbocycles. The van der Waals surface area contributed by atoms with E-state index in [2.05, 4.69) is 10.6 Å². The first-order chi connectivity index (χ1) is 6.22. The van der Waals surface area contributed by atoms with E-state index < -0.39 is 0 Å². The van der Waals surface area contributed by atoms with Gasteiger partial charge in [-0.2, -0.15) is 0 Å². The van der Waals surface area contributed by atoms with Gasteiger partial charge in [-0.05, 0) is 19.9 Å². The second-order valence-corrected chi connectivity index (χ2v) is 3.94. The summed E-state index contributed by atoms with van der Waals surface area (Å²) in [6.07, 6.45) is 6.71. The van der Waals surface area contributed by atoms with E-state index in [4.69, 9.17) is 0 Å². The maximum atomic E-state index is 11.3. The largest absolute Gasteiger partial charge is 0.359 e. The first-order valence-corrected chi connectivity index (χ1v) is 5.12. The first-order valence-electron chi connectivity index (χ1n) is 5.12. The van der Waals surface area contributed by atoms with Crippen LogP contribution in [0, 0.1) is 0 Å². The van der Waals surface area contributed by atoms with Crippen molar-refractivity contribution in [3.05, 3.63) is 0 Å². The molecule has 0 aromatic carbocycles. The molecule has 1 rings (SSSR count). The van der Waals surface area contributed by atoms with Gasteiger partial charge in [0.15, 0.2) is 0 Å². The normalized spacial score (nSPS) is 21.1. The Hall–Kier alpha value is -0.570. The number of carbonyl (C=O) groups excluding carboxylic acids is 1. The van der Waals surface area contributed by atoms with Crippen LogP contribution in [-0.2, 0) is 4.79 Å². The summed E-state index contributed by atoms with van der Waals surface area (Å²) in [6, 6.07) is 0. The molecule has 0 unspecified atom stereocenters. The van der Waals surface area contributed by atoms with Gasteiger partial charge in [0.1, 0.15) is 0 Å². The molecule has 0 bridgehead atoms. The summed E-state index contributed by atoms with van der Waals surface area (Å²) in [6.45, 7) is 0. The summed E-state index contributed by atoms with van der Waals surface area (Å²) in [5.74, 6) is 0.149. The van der Waals surface area contributed by atoms with E-state index in [1.807, 2.05) is 7.05 Å². The van der Waals surface area contributed by atoms with Gasteiger partial charge in [0.05, 0.1) is 0 Å². The topological polar surface area (TPSA) is 41.1 Å². The molecular formula is C10H20N2O. The Labute approximate surface area is 80.3 Å². The van der Waals surface area contributed by atoms with E-state index in [1.165, 1.54) is 19.3 Å². The van der Waals surface area contributed by atoms with Crippen molar-refractivity contribution < 1.29 is 4.79 Å². The van der Waals surface area contributed by atoms with Crippen LogP contribution >= 0.6 is 0 Å². The average molecular weight is 184 g/mol. The second kappa shape index (κ2) is 4.61. The van der Waals surface area contributed by atoms with Crippen molar-refractivity contribution >= 4 is 5.91 Å². The van der Waals surface area contributed by atoms with E-state index in [0.29, 0.717) is 6.42 Å². The Morgan fingerprint density at radius 3 is 2.31 bits per heavy atom. The molecule has 0 aromatic rings. The van der Waals surface area contributed by atoms with Crippen molar-refractivity contribution in [2.75, 3.05) is 14.1 Å². The van der Waals surface area contributed by atoms with Crippen LogP contribution in [0.15, 0.2) is 0 Å². The monoisotopic (exact) mass is 184 g/mol. The van der Waals surface area contributed by atoms with E-state index in [-0.39, 0.29) is 11.4 Å². The van der Waals surface area contributed by atoms with E-state index in [1.54, 1.807) is 7.05 Å². The predicted molar refractivity (Wildman–Crippen MR) is 53.6 cm³/mol. The molecule has 3 nitrogen and oxygen atoms in total. The third-order valence-electron chi connectivity index (χ3n) is 3.12. The minimum atomic E-state index is 0.0817. The summed E-state index contributed by atoms with van der Waals surface area (Å²) >= 11 is 0. The number of hydrogen-bond acceptors (Lipinski definition) is 2. The van der Waals surface area contributed by atoms with Crippen LogP contribution in [0.25, 0.3) is 0 Å². The molecule has 0 atom stereocenters. The molecule has 0 radical (unpaired) electrons. The Kier molecular flexibility index (Phi) is 3.72. The zero-order valence-electron chi connectivity index (χ0n) is 8.65. The van der Waals surface area contributed by atoms with Gasteiger partial charge in [0.2, 0.25) is 5.91 Å². The van der Waals surface area contributed by atoms with Crippen molar-refractivity contribution in [1.29, 1.82) is 0 Å². The second-order valence-electron chi connectivity index (χ2n) is 3.94. The molecule has 0 aliphatic heterocycles. The quantitative estimate of drug-likeness (QED) is 0.688. The molecule has 2 N–H and O–H groups in total.